The number of carbonyl (C=O) groups excluding carboxylic acids is 1. The van der Waals surface area contributed by atoms with Crippen LogP contribution in [0, 0.1) is 0 Å². The average Bonchev–Trinajstić information content (AvgIpc) is 3.34. The molecule has 0 bridgehead atoms. The lowest BCUT2D eigenvalue weighted by Crippen LogP contribution is -2.33. The largest absolute Gasteiger partial charge is 0.385 e. The second-order valence-electron chi connectivity index (χ2n) is 6.72. The maximum Gasteiger partial charge on any atom is 0.187 e. The smallest absolute Gasteiger partial charge is 0.187 e. The summed E-state index contributed by atoms with van der Waals surface area (Å²) in [4.78, 5) is 21.0. The van der Waals surface area contributed by atoms with Crippen molar-refractivity contribution in [2.45, 2.75) is 25.1 Å². The van der Waals surface area contributed by atoms with Crippen LogP contribution in [0.25, 0.3) is 11.0 Å². The van der Waals surface area contributed by atoms with Gasteiger partial charge in [-0.25, -0.2) is 4.98 Å². The highest BCUT2D eigenvalue weighted by Crippen LogP contribution is 2.35. The quantitative estimate of drug-likeness (QED) is 0.514. The number of rotatable bonds is 7. The molecule has 0 aliphatic carbocycles. The van der Waals surface area contributed by atoms with Crippen molar-refractivity contribution in [3.8, 4) is 0 Å². The van der Waals surface area contributed by atoms with Crippen molar-refractivity contribution < 1.29 is 14.3 Å². The number of aryl methyl sites for hydroxylation is 1. The summed E-state index contributed by atoms with van der Waals surface area (Å²) in [6.07, 6.45) is 3.93. The van der Waals surface area contributed by atoms with E-state index in [1.807, 2.05) is 23.1 Å². The van der Waals surface area contributed by atoms with Crippen molar-refractivity contribution in [3.05, 3.63) is 59.9 Å². The molecule has 27 heavy (non-hydrogen) atoms. The minimum atomic E-state index is -0.590. The van der Waals surface area contributed by atoms with Crippen molar-refractivity contribution >= 4 is 23.0 Å². The molecule has 3 aromatic rings. The predicted molar refractivity (Wildman–Crippen MR) is 104 cm³/mol. The molecule has 0 amide bonds. The second kappa shape index (κ2) is 7.90. The molecular formula is C21H23N3O3. The molecule has 2 atom stereocenters. The van der Waals surface area contributed by atoms with Gasteiger partial charge in [0.05, 0.1) is 30.0 Å². The average molecular weight is 365 g/mol. The van der Waals surface area contributed by atoms with E-state index in [9.17, 15) is 4.79 Å². The number of ether oxygens (including phenoxy) is 2. The molecule has 1 fully saturated rings. The lowest BCUT2D eigenvalue weighted by atomic mass is 10.0. The zero-order valence-corrected chi connectivity index (χ0v) is 15.3. The number of nitrogens with one attached hydrogen (secondary N) is 1. The number of benzene rings is 2. The van der Waals surface area contributed by atoms with Gasteiger partial charge >= 0.3 is 0 Å². The van der Waals surface area contributed by atoms with Crippen molar-refractivity contribution in [2.75, 3.05) is 25.2 Å². The molecule has 1 N–H and O–H groups in total. The maximum absolute atomic E-state index is 11.6. The molecule has 1 saturated heterocycles. The predicted octanol–water partition coefficient (Wildman–Crippen LogP) is 3.24. The van der Waals surface area contributed by atoms with Crippen LogP contribution in [0.5, 0.6) is 0 Å². The fourth-order valence-corrected chi connectivity index (χ4v) is 3.62. The van der Waals surface area contributed by atoms with Crippen LogP contribution < -0.4 is 4.90 Å². The number of aromatic amines is 1. The third-order valence-electron chi connectivity index (χ3n) is 5.03. The van der Waals surface area contributed by atoms with Gasteiger partial charge < -0.3 is 19.4 Å². The topological polar surface area (TPSA) is 67.5 Å². The monoisotopic (exact) mass is 365 g/mol. The number of aldehydes is 1. The molecule has 0 saturated carbocycles. The van der Waals surface area contributed by atoms with Gasteiger partial charge in [-0.1, -0.05) is 24.3 Å². The Bertz CT molecular complexity index is 906. The van der Waals surface area contributed by atoms with E-state index in [2.05, 4.69) is 34.2 Å². The zero-order chi connectivity index (χ0) is 18.6. The molecule has 2 aromatic carbocycles. The summed E-state index contributed by atoms with van der Waals surface area (Å²) in [5.74, 6) is 0. The Hall–Kier alpha value is -2.70. The first kappa shape index (κ1) is 17.7. The number of imidazole rings is 1. The standard InChI is InChI=1S/C21H23N3O3/c1-26-10-2-3-15-4-6-16(7-5-15)20-13-27-21(12-25)24(20)17-8-9-18-19(11-17)23-14-22-18/h4-9,11-12,14,20-21H,2-3,10,13H2,1H3,(H,22,23)/t20-,21?/m1/s1. The van der Waals surface area contributed by atoms with E-state index in [1.165, 1.54) is 5.56 Å². The van der Waals surface area contributed by atoms with Crippen LogP contribution in [0.1, 0.15) is 23.6 Å². The van der Waals surface area contributed by atoms with E-state index in [0.29, 0.717) is 6.61 Å². The molecule has 0 radical (unpaired) electrons. The van der Waals surface area contributed by atoms with Crippen molar-refractivity contribution in [1.29, 1.82) is 0 Å². The Morgan fingerprint density at radius 2 is 2.15 bits per heavy atom. The molecule has 6 heteroatoms. The van der Waals surface area contributed by atoms with Gasteiger partial charge in [0, 0.05) is 19.4 Å². The highest BCUT2D eigenvalue weighted by molar-refractivity contribution is 5.80. The van der Waals surface area contributed by atoms with Gasteiger partial charge in [0.25, 0.3) is 0 Å². The van der Waals surface area contributed by atoms with Crippen LogP contribution in [0.3, 0.4) is 0 Å². The molecule has 6 nitrogen and oxygen atoms in total. The summed E-state index contributed by atoms with van der Waals surface area (Å²) >= 11 is 0. The fourth-order valence-electron chi connectivity index (χ4n) is 3.62. The molecule has 1 aliphatic rings. The minimum absolute atomic E-state index is 0.00961. The molecule has 0 spiro atoms. The summed E-state index contributed by atoms with van der Waals surface area (Å²) in [5.41, 5.74) is 5.19. The molecule has 1 aliphatic heterocycles. The Morgan fingerprint density at radius 1 is 1.30 bits per heavy atom. The van der Waals surface area contributed by atoms with Gasteiger partial charge in [0.2, 0.25) is 0 Å². The molecular weight excluding hydrogens is 342 g/mol. The number of aromatic nitrogens is 2. The number of H-pyrrole nitrogens is 1. The van der Waals surface area contributed by atoms with E-state index < -0.39 is 6.23 Å². The van der Waals surface area contributed by atoms with Crippen molar-refractivity contribution in [2.24, 2.45) is 0 Å². The molecule has 1 aromatic heterocycles. The van der Waals surface area contributed by atoms with Crippen LogP contribution in [0.4, 0.5) is 5.69 Å². The van der Waals surface area contributed by atoms with Crippen LogP contribution >= 0.6 is 0 Å². The van der Waals surface area contributed by atoms with Crippen molar-refractivity contribution in [3.63, 3.8) is 0 Å². The first-order valence-corrected chi connectivity index (χ1v) is 9.16. The molecule has 4 rings (SSSR count). The van der Waals surface area contributed by atoms with Gasteiger partial charge in [-0.05, 0) is 42.2 Å². The summed E-state index contributed by atoms with van der Waals surface area (Å²) in [6.45, 7) is 1.24. The Kier molecular flexibility index (Phi) is 5.18. The lowest BCUT2D eigenvalue weighted by Gasteiger charge is -2.28. The molecule has 2 heterocycles. The maximum atomic E-state index is 11.6. The Morgan fingerprint density at radius 3 is 2.93 bits per heavy atom. The van der Waals surface area contributed by atoms with E-state index in [-0.39, 0.29) is 6.04 Å². The summed E-state index contributed by atoms with van der Waals surface area (Å²) < 4.78 is 10.9. The minimum Gasteiger partial charge on any atom is -0.385 e. The number of hydrogen-bond donors (Lipinski definition) is 1. The van der Waals surface area contributed by atoms with Crippen LogP contribution in [0.2, 0.25) is 0 Å². The van der Waals surface area contributed by atoms with Crippen LogP contribution in [-0.4, -0.2) is 42.8 Å². The Labute approximate surface area is 158 Å². The van der Waals surface area contributed by atoms with Crippen LogP contribution in [0.15, 0.2) is 48.8 Å². The number of nitrogens with zero attached hydrogens (tertiary/aromatic N) is 2. The zero-order valence-electron chi connectivity index (χ0n) is 15.3. The van der Waals surface area contributed by atoms with E-state index in [0.717, 1.165) is 48.0 Å². The first-order chi connectivity index (χ1) is 13.3. The summed E-state index contributed by atoms with van der Waals surface area (Å²) in [7, 11) is 1.72. The molecule has 140 valence electrons. The number of methoxy groups -OCH3 is 1. The summed E-state index contributed by atoms with van der Waals surface area (Å²) in [6, 6.07) is 14.5. The Balaban J connectivity index is 1.59. The highest BCUT2D eigenvalue weighted by Gasteiger charge is 2.35. The van der Waals surface area contributed by atoms with Crippen LogP contribution in [-0.2, 0) is 20.7 Å². The number of hydrogen-bond acceptors (Lipinski definition) is 5. The SMILES string of the molecule is COCCCc1ccc([C@H]2COC(C=O)N2c2ccc3[nH]cnc3c2)cc1. The highest BCUT2D eigenvalue weighted by atomic mass is 16.5. The van der Waals surface area contributed by atoms with Gasteiger partial charge in [-0.15, -0.1) is 0 Å². The van der Waals surface area contributed by atoms with Crippen molar-refractivity contribution in [1.82, 2.24) is 9.97 Å². The number of anilines is 1. The fraction of sp³-hybridized carbons (Fsp3) is 0.333. The van der Waals surface area contributed by atoms with E-state index in [4.69, 9.17) is 9.47 Å². The third-order valence-corrected chi connectivity index (χ3v) is 5.03. The summed E-state index contributed by atoms with van der Waals surface area (Å²) in [5, 5.41) is 0. The normalized spacial score (nSPS) is 19.7. The second-order valence-corrected chi connectivity index (χ2v) is 6.72. The van der Waals surface area contributed by atoms with E-state index >= 15 is 0 Å². The van der Waals surface area contributed by atoms with Gasteiger partial charge in [0.1, 0.15) is 0 Å². The molecule has 1 unspecified atom stereocenters. The van der Waals surface area contributed by atoms with Gasteiger partial charge in [-0.2, -0.15) is 0 Å². The number of fused-ring (bicyclic) bond motifs is 1. The number of carbonyl (C=O) groups is 1. The van der Waals surface area contributed by atoms with Gasteiger partial charge in [-0.3, -0.25) is 4.79 Å². The van der Waals surface area contributed by atoms with E-state index in [1.54, 1.807) is 13.4 Å². The third kappa shape index (κ3) is 3.59. The van der Waals surface area contributed by atoms with Gasteiger partial charge in [0.15, 0.2) is 12.5 Å². The first-order valence-electron chi connectivity index (χ1n) is 9.16. The lowest BCUT2D eigenvalue weighted by molar-refractivity contribution is -0.115.